The van der Waals surface area contributed by atoms with Crippen molar-refractivity contribution in [1.82, 2.24) is 5.32 Å². The Labute approximate surface area is 83.3 Å². The summed E-state index contributed by atoms with van der Waals surface area (Å²) in [6.07, 6.45) is 5.54. The lowest BCUT2D eigenvalue weighted by molar-refractivity contribution is 0.213. The molecule has 1 saturated heterocycles. The van der Waals surface area contributed by atoms with Crippen LogP contribution in [0.15, 0.2) is 0 Å². The maximum absolute atomic E-state index is 3.67. The van der Waals surface area contributed by atoms with Crippen LogP contribution in [0, 0.1) is 11.8 Å². The van der Waals surface area contributed by atoms with Gasteiger partial charge in [0.15, 0.2) is 0 Å². The Morgan fingerprint density at radius 1 is 1.08 bits per heavy atom. The Hall–Kier alpha value is -0.0400. The van der Waals surface area contributed by atoms with Crippen LogP contribution >= 0.6 is 0 Å². The van der Waals surface area contributed by atoms with Crippen molar-refractivity contribution < 1.29 is 0 Å². The summed E-state index contributed by atoms with van der Waals surface area (Å²) in [5.41, 5.74) is 0. The molecule has 1 aliphatic rings. The zero-order chi connectivity index (χ0) is 9.84. The fourth-order valence-corrected chi connectivity index (χ4v) is 2.12. The summed E-state index contributed by atoms with van der Waals surface area (Å²) >= 11 is 0. The van der Waals surface area contributed by atoms with Gasteiger partial charge in [-0.2, -0.15) is 0 Å². The summed E-state index contributed by atoms with van der Waals surface area (Å²) < 4.78 is 0. The van der Waals surface area contributed by atoms with Crippen LogP contribution in [0.25, 0.3) is 0 Å². The molecule has 1 heterocycles. The van der Waals surface area contributed by atoms with Crippen LogP contribution in [0.2, 0.25) is 0 Å². The van der Waals surface area contributed by atoms with E-state index in [1.54, 1.807) is 0 Å². The molecule has 0 spiro atoms. The third-order valence-corrected chi connectivity index (χ3v) is 2.89. The van der Waals surface area contributed by atoms with E-state index < -0.39 is 0 Å². The average molecular weight is 183 g/mol. The summed E-state index contributed by atoms with van der Waals surface area (Å²) in [6.45, 7) is 9.24. The molecule has 1 heteroatoms. The van der Waals surface area contributed by atoms with Gasteiger partial charge in [0.25, 0.3) is 0 Å². The second-order valence-corrected chi connectivity index (χ2v) is 5.40. The number of rotatable bonds is 5. The lowest BCUT2D eigenvalue weighted by Gasteiger charge is -2.38. The molecule has 13 heavy (non-hydrogen) atoms. The van der Waals surface area contributed by atoms with Gasteiger partial charge in [-0.1, -0.05) is 27.7 Å². The molecule has 0 aromatic heterocycles. The Morgan fingerprint density at radius 3 is 2.15 bits per heavy atom. The highest BCUT2D eigenvalue weighted by Gasteiger charge is 2.27. The van der Waals surface area contributed by atoms with Gasteiger partial charge in [-0.05, 0) is 37.5 Å². The lowest BCUT2D eigenvalue weighted by atomic mass is 9.86. The van der Waals surface area contributed by atoms with E-state index in [2.05, 4.69) is 33.0 Å². The van der Waals surface area contributed by atoms with E-state index in [9.17, 15) is 0 Å². The molecule has 78 valence electrons. The summed E-state index contributed by atoms with van der Waals surface area (Å²) in [6, 6.07) is 1.67. The van der Waals surface area contributed by atoms with Gasteiger partial charge in [0, 0.05) is 12.1 Å². The minimum absolute atomic E-state index is 0.831. The van der Waals surface area contributed by atoms with Gasteiger partial charge in [-0.3, -0.25) is 0 Å². The lowest BCUT2D eigenvalue weighted by Crippen LogP contribution is -2.52. The summed E-state index contributed by atoms with van der Waals surface area (Å²) in [5.74, 6) is 1.72. The third kappa shape index (κ3) is 4.12. The first-order valence-corrected chi connectivity index (χ1v) is 5.84. The Bertz CT molecular complexity index is 134. The monoisotopic (exact) mass is 183 g/mol. The number of hydrogen-bond donors (Lipinski definition) is 1. The van der Waals surface area contributed by atoms with E-state index in [0.29, 0.717) is 0 Å². The van der Waals surface area contributed by atoms with Crippen molar-refractivity contribution in [2.75, 3.05) is 0 Å². The van der Waals surface area contributed by atoms with Gasteiger partial charge in [0.05, 0.1) is 0 Å². The van der Waals surface area contributed by atoms with Crippen molar-refractivity contribution >= 4 is 0 Å². The van der Waals surface area contributed by atoms with Gasteiger partial charge in [-0.25, -0.2) is 0 Å². The summed E-state index contributed by atoms with van der Waals surface area (Å²) in [4.78, 5) is 0. The SMILES string of the molecule is CC(C)CCC1CC(CC(C)C)N1. The van der Waals surface area contributed by atoms with Crippen molar-refractivity contribution in [1.29, 1.82) is 0 Å². The highest BCUT2D eigenvalue weighted by atomic mass is 15.0. The molecule has 0 saturated carbocycles. The highest BCUT2D eigenvalue weighted by molar-refractivity contribution is 4.88. The highest BCUT2D eigenvalue weighted by Crippen LogP contribution is 2.23. The van der Waals surface area contributed by atoms with Crippen molar-refractivity contribution in [3.63, 3.8) is 0 Å². The van der Waals surface area contributed by atoms with Crippen molar-refractivity contribution in [3.05, 3.63) is 0 Å². The predicted molar refractivity (Wildman–Crippen MR) is 58.9 cm³/mol. The summed E-state index contributed by atoms with van der Waals surface area (Å²) in [5, 5.41) is 3.67. The first-order chi connectivity index (χ1) is 6.08. The largest absolute Gasteiger partial charge is 0.311 e. The first kappa shape index (κ1) is 11.0. The van der Waals surface area contributed by atoms with Crippen molar-refractivity contribution in [2.45, 2.75) is 65.5 Å². The Morgan fingerprint density at radius 2 is 1.69 bits per heavy atom. The molecule has 0 amide bonds. The molecule has 0 bridgehead atoms. The van der Waals surface area contributed by atoms with Crippen LogP contribution < -0.4 is 5.32 Å². The Kier molecular flexibility index (Phi) is 4.24. The van der Waals surface area contributed by atoms with Crippen LogP contribution in [0.3, 0.4) is 0 Å². The maximum atomic E-state index is 3.67. The first-order valence-electron chi connectivity index (χ1n) is 5.84. The van der Waals surface area contributed by atoms with Crippen LogP contribution in [-0.4, -0.2) is 12.1 Å². The molecule has 0 radical (unpaired) electrons. The minimum Gasteiger partial charge on any atom is -0.311 e. The average Bonchev–Trinajstić information content (AvgIpc) is 1.92. The quantitative estimate of drug-likeness (QED) is 0.690. The van der Waals surface area contributed by atoms with E-state index in [1.807, 2.05) is 0 Å². The normalized spacial score (nSPS) is 28.2. The molecule has 2 unspecified atom stereocenters. The van der Waals surface area contributed by atoms with Crippen LogP contribution in [0.1, 0.15) is 53.4 Å². The maximum Gasteiger partial charge on any atom is 0.00869 e. The molecule has 1 fully saturated rings. The van der Waals surface area contributed by atoms with Gasteiger partial charge in [0.2, 0.25) is 0 Å². The second kappa shape index (κ2) is 4.99. The molecular weight excluding hydrogens is 158 g/mol. The van der Waals surface area contributed by atoms with Crippen LogP contribution in [0.5, 0.6) is 0 Å². The minimum atomic E-state index is 0.831. The topological polar surface area (TPSA) is 12.0 Å². The van der Waals surface area contributed by atoms with Crippen molar-refractivity contribution in [2.24, 2.45) is 11.8 Å². The molecule has 0 aromatic carbocycles. The van der Waals surface area contributed by atoms with E-state index in [4.69, 9.17) is 0 Å². The van der Waals surface area contributed by atoms with Crippen molar-refractivity contribution in [3.8, 4) is 0 Å². The molecule has 1 N–H and O–H groups in total. The molecule has 0 aromatic rings. The van der Waals surface area contributed by atoms with E-state index in [0.717, 1.165) is 23.9 Å². The van der Waals surface area contributed by atoms with E-state index in [1.165, 1.54) is 25.7 Å². The number of nitrogens with one attached hydrogen (secondary N) is 1. The fraction of sp³-hybridized carbons (Fsp3) is 1.00. The van der Waals surface area contributed by atoms with Crippen LogP contribution in [0.4, 0.5) is 0 Å². The molecule has 1 nitrogen and oxygen atoms in total. The van der Waals surface area contributed by atoms with Gasteiger partial charge >= 0.3 is 0 Å². The fourth-order valence-electron chi connectivity index (χ4n) is 2.12. The molecule has 1 rings (SSSR count). The van der Waals surface area contributed by atoms with Crippen LogP contribution in [-0.2, 0) is 0 Å². The van der Waals surface area contributed by atoms with E-state index in [-0.39, 0.29) is 0 Å². The standard InChI is InChI=1S/C12H25N/c1-9(2)5-6-11-8-12(13-11)7-10(3)4/h9-13H,5-8H2,1-4H3. The predicted octanol–water partition coefficient (Wildman–Crippen LogP) is 3.20. The zero-order valence-electron chi connectivity index (χ0n) is 9.64. The van der Waals surface area contributed by atoms with Gasteiger partial charge in [0.1, 0.15) is 0 Å². The number of hydrogen-bond acceptors (Lipinski definition) is 1. The summed E-state index contributed by atoms with van der Waals surface area (Å²) in [7, 11) is 0. The molecule has 0 aliphatic carbocycles. The zero-order valence-corrected chi connectivity index (χ0v) is 9.64. The molecule has 1 aliphatic heterocycles. The third-order valence-electron chi connectivity index (χ3n) is 2.89. The Balaban J connectivity index is 1.98. The van der Waals surface area contributed by atoms with Gasteiger partial charge < -0.3 is 5.32 Å². The molecule has 2 atom stereocenters. The van der Waals surface area contributed by atoms with Gasteiger partial charge in [-0.15, -0.1) is 0 Å². The van der Waals surface area contributed by atoms with E-state index >= 15 is 0 Å². The second-order valence-electron chi connectivity index (χ2n) is 5.40. The smallest absolute Gasteiger partial charge is 0.00869 e. The molecular formula is C12H25N.